The van der Waals surface area contributed by atoms with Crippen molar-refractivity contribution in [3.8, 4) is 0 Å². The molecule has 0 amide bonds. The van der Waals surface area contributed by atoms with Gasteiger partial charge in [-0.2, -0.15) is 0 Å². The van der Waals surface area contributed by atoms with Crippen LogP contribution in [0.4, 0.5) is 0 Å². The lowest BCUT2D eigenvalue weighted by atomic mass is 9.96. The zero-order valence-corrected chi connectivity index (χ0v) is 17.5. The fourth-order valence-electron chi connectivity index (χ4n) is 3.67. The molecule has 0 bridgehead atoms. The molecule has 0 saturated carbocycles. The third-order valence-electron chi connectivity index (χ3n) is 5.26. The third kappa shape index (κ3) is 5.41. The Morgan fingerprint density at radius 1 is 0.852 bits per heavy atom. The van der Waals surface area contributed by atoms with Crippen LogP contribution in [0.15, 0.2) is 72.8 Å². The summed E-state index contributed by atoms with van der Waals surface area (Å²) >= 11 is 0. The molecule has 1 aliphatic carbocycles. The molecule has 2 nitrogen and oxygen atoms in total. The van der Waals surface area contributed by atoms with Crippen LogP contribution in [0.2, 0.25) is 0 Å². The Morgan fingerprint density at radius 3 is 2.07 bits per heavy atom. The fourth-order valence-corrected chi connectivity index (χ4v) is 6.92. The first-order chi connectivity index (χ1) is 13.3. The predicted octanol–water partition coefficient (Wildman–Crippen LogP) is 4.82. The highest BCUT2D eigenvalue weighted by Gasteiger charge is 2.43. The van der Waals surface area contributed by atoms with Crippen molar-refractivity contribution in [2.24, 2.45) is 5.92 Å². The largest absolute Gasteiger partial charge is 0.407 e. The Bertz CT molecular complexity index is 645. The summed E-state index contributed by atoms with van der Waals surface area (Å²) in [5.74, 6) is 0.591. The van der Waals surface area contributed by atoms with Crippen LogP contribution in [0, 0.1) is 5.92 Å². The topological polar surface area (TPSA) is 18.5 Å². The van der Waals surface area contributed by atoms with Gasteiger partial charge < -0.3 is 8.85 Å². The van der Waals surface area contributed by atoms with Crippen LogP contribution in [0.1, 0.15) is 45.4 Å². The van der Waals surface area contributed by atoms with Gasteiger partial charge in [0.15, 0.2) is 0 Å². The second kappa shape index (κ2) is 10.6. The van der Waals surface area contributed by atoms with Gasteiger partial charge in [-0.05, 0) is 42.0 Å². The molecular formula is C24H32O2Si. The lowest BCUT2D eigenvalue weighted by Gasteiger charge is -2.33. The minimum Gasteiger partial charge on any atom is -0.388 e. The average molecular weight is 381 g/mol. The molecule has 2 aromatic rings. The smallest absolute Gasteiger partial charge is 0.388 e. The van der Waals surface area contributed by atoms with Crippen molar-refractivity contribution in [1.29, 1.82) is 0 Å². The minimum atomic E-state index is -2.71. The average Bonchev–Trinajstić information content (AvgIpc) is 2.75. The van der Waals surface area contributed by atoms with Gasteiger partial charge in [0, 0.05) is 13.2 Å². The van der Waals surface area contributed by atoms with E-state index in [0.29, 0.717) is 5.92 Å². The van der Waals surface area contributed by atoms with E-state index in [2.05, 4.69) is 79.7 Å². The van der Waals surface area contributed by atoms with E-state index in [1.54, 1.807) is 0 Å². The zero-order valence-electron chi connectivity index (χ0n) is 16.5. The Labute approximate surface area is 165 Å². The monoisotopic (exact) mass is 380 g/mol. The Morgan fingerprint density at radius 2 is 1.52 bits per heavy atom. The highest BCUT2D eigenvalue weighted by atomic mass is 28.4. The van der Waals surface area contributed by atoms with Crippen LogP contribution >= 0.6 is 0 Å². The molecule has 1 unspecified atom stereocenters. The van der Waals surface area contributed by atoms with Crippen LogP contribution in [-0.2, 0) is 8.85 Å². The first-order valence-corrected chi connectivity index (χ1v) is 12.2. The van der Waals surface area contributed by atoms with E-state index >= 15 is 0 Å². The van der Waals surface area contributed by atoms with Gasteiger partial charge in [-0.3, -0.25) is 0 Å². The lowest BCUT2D eigenvalue weighted by molar-refractivity contribution is 0.158. The Hall–Kier alpha value is -1.68. The molecule has 0 aromatic heterocycles. The Kier molecular flexibility index (Phi) is 7.88. The molecule has 0 aliphatic heterocycles. The highest BCUT2D eigenvalue weighted by Crippen LogP contribution is 2.21. The molecule has 144 valence electrons. The first-order valence-electron chi connectivity index (χ1n) is 10.4. The molecule has 2 aromatic carbocycles. The maximum atomic E-state index is 6.80. The molecule has 0 heterocycles. The van der Waals surface area contributed by atoms with Crippen molar-refractivity contribution < 1.29 is 8.85 Å². The van der Waals surface area contributed by atoms with Crippen molar-refractivity contribution in [2.75, 3.05) is 13.2 Å². The molecule has 0 fully saturated rings. The third-order valence-corrected chi connectivity index (χ3v) is 8.63. The van der Waals surface area contributed by atoms with E-state index in [9.17, 15) is 0 Å². The van der Waals surface area contributed by atoms with Gasteiger partial charge in [-0.1, -0.05) is 92.6 Å². The molecule has 1 atom stereocenters. The fraction of sp³-hybridized carbons (Fsp3) is 0.417. The zero-order chi connectivity index (χ0) is 18.8. The lowest BCUT2D eigenvalue weighted by Crippen LogP contribution is -2.64. The highest BCUT2D eigenvalue weighted by molar-refractivity contribution is 6.92. The van der Waals surface area contributed by atoms with Gasteiger partial charge in [0.25, 0.3) is 0 Å². The van der Waals surface area contributed by atoms with Crippen molar-refractivity contribution in [2.45, 2.75) is 45.4 Å². The molecule has 3 heteroatoms. The normalized spacial score (nSPS) is 17.1. The van der Waals surface area contributed by atoms with E-state index in [1.807, 2.05) is 0 Å². The number of benzene rings is 2. The molecule has 0 radical (unpaired) electrons. The summed E-state index contributed by atoms with van der Waals surface area (Å²) in [4.78, 5) is 0. The van der Waals surface area contributed by atoms with Crippen molar-refractivity contribution in [3.63, 3.8) is 0 Å². The molecule has 0 N–H and O–H groups in total. The number of rotatable bonds is 10. The van der Waals surface area contributed by atoms with E-state index in [1.165, 1.54) is 29.6 Å². The summed E-state index contributed by atoms with van der Waals surface area (Å²) < 4.78 is 13.5. The van der Waals surface area contributed by atoms with E-state index < -0.39 is 8.56 Å². The molecule has 0 saturated heterocycles. The van der Waals surface area contributed by atoms with Crippen LogP contribution < -0.4 is 10.4 Å². The van der Waals surface area contributed by atoms with E-state index in [0.717, 1.165) is 32.5 Å². The van der Waals surface area contributed by atoms with E-state index in [-0.39, 0.29) is 0 Å². The molecule has 27 heavy (non-hydrogen) atoms. The van der Waals surface area contributed by atoms with Gasteiger partial charge in [-0.25, -0.2) is 0 Å². The number of hydrogen-bond acceptors (Lipinski definition) is 2. The SMILES string of the molecule is CCCCCO[Si](OCC1CC=CCC1)(c1ccccc1)c1ccccc1. The van der Waals surface area contributed by atoms with Gasteiger partial charge in [0.05, 0.1) is 0 Å². The summed E-state index contributed by atoms with van der Waals surface area (Å²) in [6.45, 7) is 3.76. The summed E-state index contributed by atoms with van der Waals surface area (Å²) in [6.07, 6.45) is 11.6. The summed E-state index contributed by atoms with van der Waals surface area (Å²) in [5.41, 5.74) is 0. The van der Waals surface area contributed by atoms with Gasteiger partial charge in [0.2, 0.25) is 0 Å². The molecule has 0 spiro atoms. The van der Waals surface area contributed by atoms with Crippen LogP contribution in [0.25, 0.3) is 0 Å². The van der Waals surface area contributed by atoms with Crippen LogP contribution in [0.5, 0.6) is 0 Å². The Balaban J connectivity index is 1.89. The number of allylic oxidation sites excluding steroid dienone is 2. The first kappa shape index (κ1) is 20.1. The summed E-state index contributed by atoms with van der Waals surface area (Å²) in [6, 6.07) is 21.3. The van der Waals surface area contributed by atoms with Crippen molar-refractivity contribution in [3.05, 3.63) is 72.8 Å². The molecular weight excluding hydrogens is 348 g/mol. The second-order valence-electron chi connectivity index (χ2n) is 7.37. The number of hydrogen-bond donors (Lipinski definition) is 0. The standard InChI is InChI=1S/C24H32O2Si/c1-2-3-13-20-25-27(23-16-9-5-10-17-23,24-18-11-6-12-19-24)26-21-22-14-7-4-8-15-22/h4-7,9-12,16-19,22H,2-3,8,13-15,20-21H2,1H3. The van der Waals surface area contributed by atoms with Crippen LogP contribution in [0.3, 0.4) is 0 Å². The van der Waals surface area contributed by atoms with Crippen molar-refractivity contribution in [1.82, 2.24) is 0 Å². The van der Waals surface area contributed by atoms with Crippen molar-refractivity contribution >= 4 is 18.9 Å². The minimum absolute atomic E-state index is 0.591. The van der Waals surface area contributed by atoms with Crippen LogP contribution in [-0.4, -0.2) is 21.8 Å². The molecule has 1 aliphatic rings. The van der Waals surface area contributed by atoms with Gasteiger partial charge >= 0.3 is 8.56 Å². The summed E-state index contributed by atoms with van der Waals surface area (Å²) in [5, 5.41) is 2.41. The maximum absolute atomic E-state index is 6.80. The van der Waals surface area contributed by atoms with E-state index in [4.69, 9.17) is 8.85 Å². The number of unbranched alkanes of at least 4 members (excludes halogenated alkanes) is 2. The quantitative estimate of drug-likeness (QED) is 0.334. The predicted molar refractivity (Wildman–Crippen MR) is 116 cm³/mol. The second-order valence-corrected chi connectivity index (χ2v) is 10.3. The summed E-state index contributed by atoms with van der Waals surface area (Å²) in [7, 11) is -2.71. The van der Waals surface area contributed by atoms with Gasteiger partial charge in [-0.15, -0.1) is 0 Å². The maximum Gasteiger partial charge on any atom is 0.407 e. The van der Waals surface area contributed by atoms with Gasteiger partial charge in [0.1, 0.15) is 0 Å². The molecule has 3 rings (SSSR count).